The molecule has 1 saturated heterocycles. The molecule has 3 rings (SSSR count). The van der Waals surface area contributed by atoms with Crippen LogP contribution >= 0.6 is 0 Å². The molecule has 3 heteroatoms. The Hall–Kier alpha value is -1.19. The number of hydrogen-bond acceptors (Lipinski definition) is 3. The highest BCUT2D eigenvalue weighted by Gasteiger charge is 2.50. The van der Waals surface area contributed by atoms with Crippen molar-refractivity contribution in [2.24, 2.45) is 4.99 Å². The predicted molar refractivity (Wildman–Crippen MR) is 82.1 cm³/mol. The summed E-state index contributed by atoms with van der Waals surface area (Å²) in [6.45, 7) is 0. The van der Waals surface area contributed by atoms with Gasteiger partial charge < -0.3 is 5.11 Å². The lowest BCUT2D eigenvalue weighted by Gasteiger charge is -2.52. The first-order valence-corrected chi connectivity index (χ1v) is 7.62. The van der Waals surface area contributed by atoms with Gasteiger partial charge in [0.05, 0.1) is 0 Å². The molecular formula is C17H24N2O. The van der Waals surface area contributed by atoms with Gasteiger partial charge >= 0.3 is 0 Å². The smallest absolute Gasteiger partial charge is 0.118 e. The molecule has 0 spiro atoms. The van der Waals surface area contributed by atoms with Crippen LogP contribution in [0.15, 0.2) is 35.3 Å². The van der Waals surface area contributed by atoms with Crippen molar-refractivity contribution in [1.82, 2.24) is 4.90 Å². The summed E-state index contributed by atoms with van der Waals surface area (Å²) in [5.41, 5.74) is 1.62. The number of aliphatic hydroxyl groups is 1. The number of fused-ring (bicyclic) bond motifs is 1. The lowest BCUT2D eigenvalue weighted by atomic mass is 9.70. The fraction of sp³-hybridized carbons (Fsp3) is 0.588. The molecule has 0 aromatic heterocycles. The monoisotopic (exact) mass is 272 g/mol. The number of benzene rings is 1. The van der Waals surface area contributed by atoms with Gasteiger partial charge in [-0.05, 0) is 25.5 Å². The normalized spacial score (nSPS) is 36.9. The van der Waals surface area contributed by atoms with Crippen molar-refractivity contribution in [3.63, 3.8) is 0 Å². The van der Waals surface area contributed by atoms with Gasteiger partial charge in [-0.2, -0.15) is 0 Å². The second-order valence-electron chi connectivity index (χ2n) is 6.15. The maximum Gasteiger partial charge on any atom is 0.118 e. The summed E-state index contributed by atoms with van der Waals surface area (Å²) in [6.07, 6.45) is 5.07. The van der Waals surface area contributed by atoms with E-state index in [9.17, 15) is 5.11 Å². The van der Waals surface area contributed by atoms with E-state index in [1.165, 1.54) is 12.0 Å². The molecular weight excluding hydrogens is 248 g/mol. The van der Waals surface area contributed by atoms with Gasteiger partial charge in [0, 0.05) is 31.3 Å². The molecule has 1 aliphatic carbocycles. The largest absolute Gasteiger partial charge is 0.382 e. The molecule has 108 valence electrons. The average molecular weight is 272 g/mol. The molecule has 0 bridgehead atoms. The molecule has 2 aliphatic rings. The Labute approximate surface area is 121 Å². The second kappa shape index (κ2) is 5.30. The number of rotatable bonds is 1. The molecule has 3 nitrogen and oxygen atoms in total. The molecule has 20 heavy (non-hydrogen) atoms. The molecule has 3 unspecified atom stereocenters. The van der Waals surface area contributed by atoms with Crippen molar-refractivity contribution in [3.05, 3.63) is 35.9 Å². The van der Waals surface area contributed by atoms with Crippen LogP contribution in [0.4, 0.5) is 0 Å². The number of likely N-dealkylation sites (N-methyl/N-ethyl adjacent to an activating group) is 1. The number of aliphatic imine (C=N–C) groups is 1. The number of hydrogen-bond donors (Lipinski definition) is 1. The van der Waals surface area contributed by atoms with Gasteiger partial charge in [0.15, 0.2) is 0 Å². The summed E-state index contributed by atoms with van der Waals surface area (Å²) in [5, 5.41) is 11.1. The topological polar surface area (TPSA) is 35.8 Å². The zero-order valence-corrected chi connectivity index (χ0v) is 12.4. The Balaban J connectivity index is 1.97. The van der Waals surface area contributed by atoms with Gasteiger partial charge in [-0.3, -0.25) is 9.89 Å². The summed E-state index contributed by atoms with van der Waals surface area (Å²) in [6, 6.07) is 11.1. The van der Waals surface area contributed by atoms with Crippen molar-refractivity contribution < 1.29 is 5.11 Å². The second-order valence-corrected chi connectivity index (χ2v) is 6.15. The zero-order valence-electron chi connectivity index (χ0n) is 12.4. The van der Waals surface area contributed by atoms with Crippen LogP contribution in [-0.2, 0) is 0 Å². The Bertz CT molecular complexity index is 499. The first-order chi connectivity index (χ1) is 9.66. The minimum absolute atomic E-state index is 0.203. The average Bonchev–Trinajstić information content (AvgIpc) is 2.48. The molecule has 1 N–H and O–H groups in total. The van der Waals surface area contributed by atoms with Crippen molar-refractivity contribution in [2.75, 3.05) is 14.1 Å². The van der Waals surface area contributed by atoms with Gasteiger partial charge in [-0.15, -0.1) is 0 Å². The highest BCUT2D eigenvalue weighted by Crippen LogP contribution is 2.43. The van der Waals surface area contributed by atoms with E-state index in [1.54, 1.807) is 0 Å². The first-order valence-electron chi connectivity index (χ1n) is 7.62. The Morgan fingerprint density at radius 2 is 2.00 bits per heavy atom. The highest BCUT2D eigenvalue weighted by atomic mass is 16.3. The van der Waals surface area contributed by atoms with Crippen LogP contribution in [0.3, 0.4) is 0 Å². The maximum absolute atomic E-state index is 11.1. The molecule has 0 radical (unpaired) electrons. The third kappa shape index (κ3) is 2.09. The number of nitrogens with zero attached hydrogens (tertiary/aromatic N) is 2. The SMILES string of the molecule is CN=C1CC(c2ccccc2)N(C)C2CCCCC12O. The minimum atomic E-state index is -0.701. The third-order valence-electron chi connectivity index (χ3n) is 5.16. The Morgan fingerprint density at radius 3 is 2.70 bits per heavy atom. The number of likely N-dealkylation sites (tertiary alicyclic amines) is 1. The van der Waals surface area contributed by atoms with E-state index >= 15 is 0 Å². The summed E-state index contributed by atoms with van der Waals surface area (Å²) in [5.74, 6) is 0. The molecule has 3 atom stereocenters. The van der Waals surface area contributed by atoms with E-state index in [1.807, 2.05) is 7.05 Å². The third-order valence-corrected chi connectivity index (χ3v) is 5.16. The van der Waals surface area contributed by atoms with E-state index in [0.717, 1.165) is 31.4 Å². The van der Waals surface area contributed by atoms with Crippen LogP contribution in [0.25, 0.3) is 0 Å². The first kappa shape index (κ1) is 13.8. The van der Waals surface area contributed by atoms with Crippen molar-refractivity contribution >= 4 is 5.71 Å². The van der Waals surface area contributed by atoms with Crippen LogP contribution < -0.4 is 0 Å². The minimum Gasteiger partial charge on any atom is -0.382 e. The van der Waals surface area contributed by atoms with E-state index in [0.29, 0.717) is 6.04 Å². The van der Waals surface area contributed by atoms with Gasteiger partial charge in [0.2, 0.25) is 0 Å². The lowest BCUT2D eigenvalue weighted by molar-refractivity contribution is -0.0464. The van der Waals surface area contributed by atoms with Crippen molar-refractivity contribution in [1.29, 1.82) is 0 Å². The van der Waals surface area contributed by atoms with Crippen LogP contribution in [0, 0.1) is 0 Å². The standard InChI is InChI=1S/C17H24N2O/c1-18-15-12-14(13-8-4-3-5-9-13)19(2)16-10-6-7-11-17(15,16)20/h3-5,8-9,14,16,20H,6-7,10-12H2,1-2H3. The molecule has 1 heterocycles. The predicted octanol–water partition coefficient (Wildman–Crippen LogP) is 2.81. The van der Waals surface area contributed by atoms with E-state index in [2.05, 4.69) is 47.3 Å². The number of piperidine rings is 1. The summed E-state index contributed by atoms with van der Waals surface area (Å²) in [4.78, 5) is 6.83. The zero-order chi connectivity index (χ0) is 14.2. The van der Waals surface area contributed by atoms with Crippen LogP contribution in [0.2, 0.25) is 0 Å². The molecule has 2 fully saturated rings. The quantitative estimate of drug-likeness (QED) is 0.853. The summed E-state index contributed by atoms with van der Waals surface area (Å²) >= 11 is 0. The van der Waals surface area contributed by atoms with Crippen LogP contribution in [0.5, 0.6) is 0 Å². The van der Waals surface area contributed by atoms with Gasteiger partial charge in [-0.1, -0.05) is 43.2 Å². The molecule has 1 aliphatic heterocycles. The van der Waals surface area contributed by atoms with Crippen LogP contribution in [-0.4, -0.2) is 41.5 Å². The van der Waals surface area contributed by atoms with Gasteiger partial charge in [0.25, 0.3) is 0 Å². The van der Waals surface area contributed by atoms with Crippen molar-refractivity contribution in [2.45, 2.75) is 49.8 Å². The molecule has 0 amide bonds. The fourth-order valence-electron chi connectivity index (χ4n) is 4.05. The highest BCUT2D eigenvalue weighted by molar-refractivity contribution is 5.94. The molecule has 1 saturated carbocycles. The molecule has 1 aromatic carbocycles. The summed E-state index contributed by atoms with van der Waals surface area (Å²) in [7, 11) is 3.98. The van der Waals surface area contributed by atoms with Crippen molar-refractivity contribution in [3.8, 4) is 0 Å². The van der Waals surface area contributed by atoms with Gasteiger partial charge in [0.1, 0.15) is 5.60 Å². The van der Waals surface area contributed by atoms with Crippen LogP contribution in [0.1, 0.15) is 43.7 Å². The Kier molecular flexibility index (Phi) is 3.65. The van der Waals surface area contributed by atoms with E-state index in [4.69, 9.17) is 0 Å². The van der Waals surface area contributed by atoms with E-state index < -0.39 is 5.60 Å². The van der Waals surface area contributed by atoms with Gasteiger partial charge in [-0.25, -0.2) is 0 Å². The van der Waals surface area contributed by atoms with E-state index in [-0.39, 0.29) is 6.04 Å². The lowest BCUT2D eigenvalue weighted by Crippen LogP contribution is -2.62. The maximum atomic E-state index is 11.1. The Morgan fingerprint density at radius 1 is 1.25 bits per heavy atom. The fourth-order valence-corrected chi connectivity index (χ4v) is 4.05. The summed E-state index contributed by atoms with van der Waals surface area (Å²) < 4.78 is 0. The molecule has 1 aromatic rings.